The Labute approximate surface area is 150 Å². The number of carbonyl (C=O) groups is 1. The van der Waals surface area contributed by atoms with Crippen LogP contribution in [0.25, 0.3) is 0 Å². The number of rotatable bonds is 2. The van der Waals surface area contributed by atoms with E-state index in [0.29, 0.717) is 4.47 Å². The summed E-state index contributed by atoms with van der Waals surface area (Å²) in [5, 5.41) is 8.52. The molecule has 2 saturated heterocycles. The second-order valence-electron chi connectivity index (χ2n) is 5.39. The van der Waals surface area contributed by atoms with Crippen LogP contribution in [-0.4, -0.2) is 42.3 Å². The van der Waals surface area contributed by atoms with Gasteiger partial charge in [-0.25, -0.2) is 12.8 Å². The lowest BCUT2D eigenvalue weighted by atomic mass is 10.2. The van der Waals surface area contributed by atoms with E-state index >= 15 is 0 Å². The second kappa shape index (κ2) is 6.46. The van der Waals surface area contributed by atoms with Crippen molar-refractivity contribution in [3.05, 3.63) is 28.5 Å². The van der Waals surface area contributed by atoms with Gasteiger partial charge in [-0.15, -0.1) is 0 Å². The monoisotopic (exact) mass is 431 g/mol. The fourth-order valence-electron chi connectivity index (χ4n) is 2.74. The molecule has 0 radical (unpaired) electrons. The molecular weight excluding hydrogens is 421 g/mol. The lowest BCUT2D eigenvalue weighted by Gasteiger charge is -2.25. The highest BCUT2D eigenvalue weighted by atomic mass is 79.9. The molecule has 10 heteroatoms. The molecule has 2 aliphatic rings. The zero-order valence-electron chi connectivity index (χ0n) is 12.1. The highest BCUT2D eigenvalue weighted by Gasteiger charge is 2.49. The average molecular weight is 432 g/mol. The number of carbonyl (C=O) groups excluding carboxylic acids is 1. The number of benzene rings is 1. The van der Waals surface area contributed by atoms with Crippen molar-refractivity contribution in [3.8, 4) is 6.07 Å². The van der Waals surface area contributed by atoms with Gasteiger partial charge in [0.05, 0.1) is 29.3 Å². The van der Waals surface area contributed by atoms with E-state index in [4.69, 9.17) is 5.26 Å². The van der Waals surface area contributed by atoms with Gasteiger partial charge in [-0.05, 0) is 18.2 Å². The molecule has 2 atom stereocenters. The van der Waals surface area contributed by atoms with Crippen molar-refractivity contribution in [2.75, 3.05) is 16.4 Å². The Hall–Kier alpha value is -1.44. The molecule has 0 spiro atoms. The summed E-state index contributed by atoms with van der Waals surface area (Å²) in [6, 6.07) is 5.65. The first-order chi connectivity index (χ1) is 11.3. The number of hydrogen-bond acceptors (Lipinski definition) is 5. The fraction of sp³-hybridized carbons (Fsp3) is 0.357. The van der Waals surface area contributed by atoms with Crippen molar-refractivity contribution < 1.29 is 17.6 Å². The van der Waals surface area contributed by atoms with E-state index in [1.165, 1.54) is 17.0 Å². The molecule has 1 aromatic rings. The van der Waals surface area contributed by atoms with E-state index in [0.717, 1.165) is 11.8 Å². The third-order valence-electron chi connectivity index (χ3n) is 3.69. The minimum atomic E-state index is -3.22. The zero-order chi connectivity index (χ0) is 17.5. The Morgan fingerprint density at radius 2 is 2.25 bits per heavy atom. The van der Waals surface area contributed by atoms with Crippen LogP contribution < -0.4 is 4.90 Å². The minimum Gasteiger partial charge on any atom is -0.313 e. The Kier molecular flexibility index (Phi) is 4.68. The first-order valence-corrected chi connectivity index (χ1v) is 10.4. The molecule has 2 fully saturated rings. The number of nitriles is 1. The largest absolute Gasteiger partial charge is 0.313 e. The summed E-state index contributed by atoms with van der Waals surface area (Å²) < 4.78 is 38.7. The Bertz CT molecular complexity index is 882. The molecule has 1 aromatic carbocycles. The quantitative estimate of drug-likeness (QED) is 0.711. The molecule has 0 saturated carbocycles. The molecule has 2 heterocycles. The molecule has 0 aromatic heterocycles. The lowest BCUT2D eigenvalue weighted by Crippen LogP contribution is -2.38. The highest BCUT2D eigenvalue weighted by molar-refractivity contribution is 9.10. The van der Waals surface area contributed by atoms with Gasteiger partial charge < -0.3 is 4.90 Å². The lowest BCUT2D eigenvalue weighted by molar-refractivity contribution is -0.116. The highest BCUT2D eigenvalue weighted by Crippen LogP contribution is 2.42. The van der Waals surface area contributed by atoms with Gasteiger partial charge in [0.1, 0.15) is 12.2 Å². The van der Waals surface area contributed by atoms with E-state index in [1.54, 1.807) is 12.1 Å². The number of anilines is 1. The van der Waals surface area contributed by atoms with Crippen molar-refractivity contribution in [3.63, 3.8) is 0 Å². The van der Waals surface area contributed by atoms with Crippen LogP contribution in [0.5, 0.6) is 0 Å². The van der Waals surface area contributed by atoms with E-state index in [1.807, 2.05) is 0 Å². The van der Waals surface area contributed by atoms with Crippen LogP contribution in [0.15, 0.2) is 27.7 Å². The molecule has 126 valence electrons. The van der Waals surface area contributed by atoms with Gasteiger partial charge >= 0.3 is 0 Å². The summed E-state index contributed by atoms with van der Waals surface area (Å²) in [7, 11) is -3.22. The molecular formula is C14H11BrFN3O3S2. The Morgan fingerprint density at radius 1 is 1.50 bits per heavy atom. The van der Waals surface area contributed by atoms with Gasteiger partial charge in [0.15, 0.2) is 15.0 Å². The maximum Gasteiger partial charge on any atom is 0.262 e. The van der Waals surface area contributed by atoms with Crippen molar-refractivity contribution in [2.45, 2.75) is 17.7 Å². The average Bonchev–Trinajstić information content (AvgIpc) is 2.91. The van der Waals surface area contributed by atoms with Crippen LogP contribution in [0, 0.1) is 17.1 Å². The summed E-state index contributed by atoms with van der Waals surface area (Å²) in [4.78, 5) is 17.0. The van der Waals surface area contributed by atoms with Gasteiger partial charge in [0, 0.05) is 9.72 Å². The van der Waals surface area contributed by atoms with Crippen molar-refractivity contribution in [1.29, 1.82) is 5.26 Å². The molecule has 6 nitrogen and oxygen atoms in total. The number of amidine groups is 1. The van der Waals surface area contributed by atoms with Gasteiger partial charge in [0.25, 0.3) is 5.91 Å². The summed E-state index contributed by atoms with van der Waals surface area (Å²) in [6.07, 6.45) is -0.381. The van der Waals surface area contributed by atoms with Crippen molar-refractivity contribution >= 4 is 54.3 Å². The number of nitrogens with zero attached hydrogens (tertiary/aromatic N) is 3. The number of thioether (sulfide) groups is 1. The van der Waals surface area contributed by atoms with Crippen molar-refractivity contribution in [1.82, 2.24) is 0 Å². The predicted molar refractivity (Wildman–Crippen MR) is 93.1 cm³/mol. The first kappa shape index (κ1) is 17.4. The molecule has 0 bridgehead atoms. The van der Waals surface area contributed by atoms with Crippen LogP contribution in [0.4, 0.5) is 10.1 Å². The SMILES string of the molecule is N#CCC(=O)N=C1S[C@@H]2CS(=O)(=O)C[C@H]2N1c1ccc(Br)cc1F. The standard InChI is InChI=1S/C14H11BrFN3O3S2/c15-8-1-2-10(9(16)5-8)19-11-6-24(21,22)7-12(11)23-14(19)18-13(20)3-4-17/h1-2,5,11-12H,3,6-7H2/t11-,12-/m1/s1. The van der Waals surface area contributed by atoms with Crippen LogP contribution in [0.3, 0.4) is 0 Å². The molecule has 24 heavy (non-hydrogen) atoms. The molecule has 2 aliphatic heterocycles. The molecule has 0 aliphatic carbocycles. The zero-order valence-corrected chi connectivity index (χ0v) is 15.4. The van der Waals surface area contributed by atoms with Crippen LogP contribution in [0.2, 0.25) is 0 Å². The molecule has 1 amide bonds. The molecule has 0 unspecified atom stereocenters. The molecule has 3 rings (SSSR count). The van der Waals surface area contributed by atoms with E-state index < -0.39 is 27.6 Å². The van der Waals surface area contributed by atoms with Gasteiger partial charge in [-0.3, -0.25) is 4.79 Å². The third kappa shape index (κ3) is 3.34. The van der Waals surface area contributed by atoms with Crippen LogP contribution in [0.1, 0.15) is 6.42 Å². The van der Waals surface area contributed by atoms with E-state index in [2.05, 4.69) is 20.9 Å². The molecule has 0 N–H and O–H groups in total. The number of amides is 1. The van der Waals surface area contributed by atoms with Crippen LogP contribution >= 0.6 is 27.7 Å². The summed E-state index contributed by atoms with van der Waals surface area (Å²) in [5.74, 6) is -1.34. The summed E-state index contributed by atoms with van der Waals surface area (Å²) in [6.45, 7) is 0. The van der Waals surface area contributed by atoms with Crippen LogP contribution in [-0.2, 0) is 14.6 Å². The Balaban J connectivity index is 2.05. The fourth-order valence-corrected chi connectivity index (χ4v) is 6.99. The smallest absolute Gasteiger partial charge is 0.262 e. The summed E-state index contributed by atoms with van der Waals surface area (Å²) in [5.41, 5.74) is 0.166. The van der Waals surface area contributed by atoms with Gasteiger partial charge in [-0.2, -0.15) is 10.3 Å². The number of sulfone groups is 1. The number of fused-ring (bicyclic) bond motifs is 1. The topological polar surface area (TPSA) is 90.6 Å². The maximum atomic E-state index is 14.4. The minimum absolute atomic E-state index is 0.0392. The normalized spacial score (nSPS) is 26.4. The van der Waals surface area contributed by atoms with Crippen molar-refractivity contribution in [2.24, 2.45) is 4.99 Å². The summed E-state index contributed by atoms with van der Waals surface area (Å²) >= 11 is 4.32. The number of aliphatic imine (C=N–C) groups is 1. The Morgan fingerprint density at radius 3 is 2.92 bits per heavy atom. The van der Waals surface area contributed by atoms with Gasteiger partial charge in [-0.1, -0.05) is 27.7 Å². The number of hydrogen-bond donors (Lipinski definition) is 0. The van der Waals surface area contributed by atoms with E-state index in [9.17, 15) is 17.6 Å². The third-order valence-corrected chi connectivity index (χ3v) is 7.39. The maximum absolute atomic E-state index is 14.4. The van der Waals surface area contributed by atoms with E-state index in [-0.39, 0.29) is 34.0 Å². The predicted octanol–water partition coefficient (Wildman–Crippen LogP) is 2.10. The first-order valence-electron chi connectivity index (χ1n) is 6.90. The second-order valence-corrected chi connectivity index (χ2v) is 9.67. The number of halogens is 2. The van der Waals surface area contributed by atoms with Gasteiger partial charge in [0.2, 0.25) is 0 Å².